The van der Waals surface area contributed by atoms with Crippen molar-refractivity contribution in [3.63, 3.8) is 0 Å². The van der Waals surface area contributed by atoms with Crippen LogP contribution in [0.3, 0.4) is 0 Å². The number of ether oxygens (including phenoxy) is 2. The summed E-state index contributed by atoms with van der Waals surface area (Å²) in [6.45, 7) is 2.14. The topological polar surface area (TPSA) is 56.5 Å². The molecule has 3 N–H and O–H groups in total. The van der Waals surface area contributed by atoms with Crippen molar-refractivity contribution in [2.45, 2.75) is 30.9 Å². The van der Waals surface area contributed by atoms with E-state index in [4.69, 9.17) is 38.5 Å². The normalized spacial score (nSPS) is 30.7. The second-order valence-corrected chi connectivity index (χ2v) is 6.68. The van der Waals surface area contributed by atoms with Gasteiger partial charge in [-0.15, -0.1) is 0 Å². The minimum Gasteiger partial charge on any atom is -0.378 e. The Hall–Kier alpha value is -0.360. The van der Waals surface area contributed by atoms with Crippen LogP contribution in [0.2, 0.25) is 10.0 Å². The maximum absolute atomic E-state index is 6.34. The van der Waals surface area contributed by atoms with Gasteiger partial charge in [0, 0.05) is 35.2 Å². The van der Waals surface area contributed by atoms with Gasteiger partial charge in [0.2, 0.25) is 0 Å². The molecule has 0 bridgehead atoms. The highest BCUT2D eigenvalue weighted by molar-refractivity contribution is 6.36. The first-order valence-electron chi connectivity index (χ1n) is 7.27. The fourth-order valence-corrected chi connectivity index (χ4v) is 4.11. The Labute approximate surface area is 134 Å². The van der Waals surface area contributed by atoms with Gasteiger partial charge in [0.25, 0.3) is 0 Å². The van der Waals surface area contributed by atoms with Crippen molar-refractivity contribution in [2.75, 3.05) is 19.8 Å². The van der Waals surface area contributed by atoms with E-state index in [9.17, 15) is 0 Å². The van der Waals surface area contributed by atoms with Gasteiger partial charge in [0.1, 0.15) is 0 Å². The molecule has 3 atom stereocenters. The van der Waals surface area contributed by atoms with Crippen LogP contribution in [-0.2, 0) is 9.47 Å². The lowest BCUT2D eigenvalue weighted by Gasteiger charge is -2.40. The lowest BCUT2D eigenvalue weighted by atomic mass is 9.79. The molecule has 0 radical (unpaired) electrons. The summed E-state index contributed by atoms with van der Waals surface area (Å²) in [5, 5.41) is 1.29. The summed E-state index contributed by atoms with van der Waals surface area (Å²) >= 11 is 12.7. The minimum atomic E-state index is -0.161. The molecule has 2 saturated heterocycles. The van der Waals surface area contributed by atoms with E-state index in [0.29, 0.717) is 29.2 Å². The van der Waals surface area contributed by atoms with Gasteiger partial charge in [0.15, 0.2) is 0 Å². The number of hydrazine groups is 1. The van der Waals surface area contributed by atoms with E-state index in [1.165, 1.54) is 0 Å². The summed E-state index contributed by atoms with van der Waals surface area (Å²) in [5.74, 6) is 6.14. The van der Waals surface area contributed by atoms with E-state index in [0.717, 1.165) is 31.4 Å². The Kier molecular flexibility index (Phi) is 4.74. The lowest BCUT2D eigenvalue weighted by Crippen LogP contribution is -2.45. The fraction of sp³-hybridized carbons (Fsp3) is 0.600. The number of nitrogens with two attached hydrogens (primary N) is 1. The van der Waals surface area contributed by atoms with Gasteiger partial charge in [-0.1, -0.05) is 29.3 Å². The van der Waals surface area contributed by atoms with Crippen molar-refractivity contribution in [2.24, 2.45) is 11.8 Å². The summed E-state index contributed by atoms with van der Waals surface area (Å²) in [4.78, 5) is 0. The van der Waals surface area contributed by atoms with E-state index >= 15 is 0 Å². The van der Waals surface area contributed by atoms with Gasteiger partial charge in [-0.05, 0) is 30.9 Å². The Morgan fingerprint density at radius 2 is 2.05 bits per heavy atom. The van der Waals surface area contributed by atoms with Crippen molar-refractivity contribution < 1.29 is 9.47 Å². The highest BCUT2D eigenvalue weighted by atomic mass is 35.5. The molecule has 0 saturated carbocycles. The summed E-state index contributed by atoms with van der Waals surface area (Å²) in [6, 6.07) is 5.47. The molecular weight excluding hydrogens is 311 g/mol. The van der Waals surface area contributed by atoms with Gasteiger partial charge in [-0.2, -0.15) is 0 Å². The standard InChI is InChI=1S/C15H20Cl2N2O2/c16-11-2-1-3-12(17)13(11)14(19-18)10-4-6-21-15(8-10)5-7-20-9-15/h1-3,10,14,19H,4-9,18H2. The van der Waals surface area contributed by atoms with E-state index < -0.39 is 0 Å². The van der Waals surface area contributed by atoms with Gasteiger partial charge < -0.3 is 9.47 Å². The van der Waals surface area contributed by atoms with E-state index in [1.807, 2.05) is 18.2 Å². The molecule has 2 fully saturated rings. The van der Waals surface area contributed by atoms with Crippen LogP contribution in [0.5, 0.6) is 0 Å². The second-order valence-electron chi connectivity index (χ2n) is 5.87. The average molecular weight is 331 g/mol. The Morgan fingerprint density at radius 1 is 1.29 bits per heavy atom. The van der Waals surface area contributed by atoms with Crippen LogP contribution < -0.4 is 11.3 Å². The molecule has 116 valence electrons. The molecule has 2 aliphatic heterocycles. The first kappa shape index (κ1) is 15.5. The first-order valence-corrected chi connectivity index (χ1v) is 8.02. The smallest absolute Gasteiger partial charge is 0.0940 e. The molecule has 1 aromatic carbocycles. The monoisotopic (exact) mass is 330 g/mol. The van der Waals surface area contributed by atoms with E-state index in [-0.39, 0.29) is 11.6 Å². The van der Waals surface area contributed by atoms with Gasteiger partial charge in [-0.25, -0.2) is 0 Å². The Morgan fingerprint density at radius 3 is 2.67 bits per heavy atom. The number of halogens is 2. The zero-order chi connectivity index (χ0) is 14.9. The number of rotatable bonds is 3. The minimum absolute atomic E-state index is 0.0763. The molecule has 0 aromatic heterocycles. The Bertz CT molecular complexity index is 486. The third-order valence-corrected chi connectivity index (χ3v) is 5.22. The summed E-state index contributed by atoms with van der Waals surface area (Å²) < 4.78 is 11.5. The highest BCUT2D eigenvalue weighted by Gasteiger charge is 2.43. The summed E-state index contributed by atoms with van der Waals surface area (Å²) in [6.07, 6.45) is 2.78. The fourth-order valence-electron chi connectivity index (χ4n) is 3.48. The predicted octanol–water partition coefficient (Wildman–Crippen LogP) is 3.08. The van der Waals surface area contributed by atoms with Crippen molar-refractivity contribution >= 4 is 23.2 Å². The van der Waals surface area contributed by atoms with Crippen molar-refractivity contribution in [1.29, 1.82) is 0 Å². The zero-order valence-electron chi connectivity index (χ0n) is 11.8. The predicted molar refractivity (Wildman–Crippen MR) is 83.4 cm³/mol. The van der Waals surface area contributed by atoms with Crippen LogP contribution in [0.4, 0.5) is 0 Å². The molecule has 1 aromatic rings. The molecule has 0 amide bonds. The molecular formula is C15H20Cl2N2O2. The van der Waals surface area contributed by atoms with E-state index in [2.05, 4.69) is 5.43 Å². The van der Waals surface area contributed by atoms with Crippen molar-refractivity contribution in [3.8, 4) is 0 Å². The van der Waals surface area contributed by atoms with E-state index in [1.54, 1.807) is 0 Å². The number of hydrogen-bond donors (Lipinski definition) is 2. The van der Waals surface area contributed by atoms with Crippen molar-refractivity contribution in [3.05, 3.63) is 33.8 Å². The van der Waals surface area contributed by atoms with Gasteiger partial charge >= 0.3 is 0 Å². The molecule has 4 nitrogen and oxygen atoms in total. The number of hydrogen-bond acceptors (Lipinski definition) is 4. The highest BCUT2D eigenvalue weighted by Crippen LogP contribution is 2.43. The molecule has 6 heteroatoms. The van der Waals surface area contributed by atoms with Crippen molar-refractivity contribution in [1.82, 2.24) is 5.43 Å². The third-order valence-electron chi connectivity index (χ3n) is 4.56. The molecule has 2 aliphatic rings. The molecule has 3 unspecified atom stereocenters. The molecule has 2 heterocycles. The van der Waals surface area contributed by atoms with Crippen LogP contribution >= 0.6 is 23.2 Å². The van der Waals surface area contributed by atoms with Crippen LogP contribution in [0.15, 0.2) is 18.2 Å². The van der Waals surface area contributed by atoms with Crippen LogP contribution in [-0.4, -0.2) is 25.4 Å². The molecule has 0 aliphatic carbocycles. The largest absolute Gasteiger partial charge is 0.378 e. The van der Waals surface area contributed by atoms with Crippen LogP contribution in [0, 0.1) is 5.92 Å². The van der Waals surface area contributed by atoms with Crippen LogP contribution in [0.25, 0.3) is 0 Å². The number of nitrogens with one attached hydrogen (secondary N) is 1. The molecule has 3 rings (SSSR count). The number of benzene rings is 1. The Balaban J connectivity index is 1.86. The maximum atomic E-state index is 6.34. The summed E-state index contributed by atoms with van der Waals surface area (Å²) in [7, 11) is 0. The zero-order valence-corrected chi connectivity index (χ0v) is 13.3. The van der Waals surface area contributed by atoms with Crippen LogP contribution in [0.1, 0.15) is 30.9 Å². The quantitative estimate of drug-likeness (QED) is 0.660. The SMILES string of the molecule is NNC(c1c(Cl)cccc1Cl)C1CCOC2(CCOC2)C1. The van der Waals surface area contributed by atoms with Gasteiger partial charge in [-0.3, -0.25) is 11.3 Å². The molecule has 21 heavy (non-hydrogen) atoms. The second kappa shape index (κ2) is 6.41. The summed E-state index contributed by atoms with van der Waals surface area (Å²) in [5.41, 5.74) is 3.63. The average Bonchev–Trinajstić information content (AvgIpc) is 2.91. The maximum Gasteiger partial charge on any atom is 0.0940 e. The third kappa shape index (κ3) is 3.07. The van der Waals surface area contributed by atoms with Gasteiger partial charge in [0.05, 0.1) is 18.2 Å². The molecule has 1 spiro atoms. The first-order chi connectivity index (χ1) is 10.2. The lowest BCUT2D eigenvalue weighted by molar-refractivity contribution is -0.103.